The third-order valence-electron chi connectivity index (χ3n) is 5.23. The Morgan fingerprint density at radius 1 is 1.05 bits per heavy atom. The van der Waals surface area contributed by atoms with Gasteiger partial charge in [-0.2, -0.15) is 0 Å². The van der Waals surface area contributed by atoms with Crippen LogP contribution in [0.2, 0.25) is 0 Å². The first-order valence-corrected chi connectivity index (χ1v) is 12.7. The Morgan fingerprint density at radius 2 is 1.61 bits per heavy atom. The number of nitrogens with one attached hydrogen (secondary N) is 1. The Hall–Kier alpha value is -5.12. The van der Waals surface area contributed by atoms with Crippen LogP contribution in [0.3, 0.4) is 0 Å². The fourth-order valence-electron chi connectivity index (χ4n) is 3.35. The van der Waals surface area contributed by atoms with Gasteiger partial charge in [-0.3, -0.25) is 0 Å². The molecule has 0 radical (unpaired) electrons. The highest BCUT2D eigenvalue weighted by Gasteiger charge is 2.26. The second kappa shape index (κ2) is 16.1. The summed E-state index contributed by atoms with van der Waals surface area (Å²) < 4.78 is 15.7. The molecule has 0 bridgehead atoms. The number of hydrogen-bond acceptors (Lipinski definition) is 8. The van der Waals surface area contributed by atoms with E-state index in [1.165, 1.54) is 0 Å². The summed E-state index contributed by atoms with van der Waals surface area (Å²) in [5.74, 6) is -0.925. The highest BCUT2D eigenvalue weighted by molar-refractivity contribution is 5.97. The largest absolute Gasteiger partial charge is 0.504 e. The van der Waals surface area contributed by atoms with Crippen LogP contribution in [0, 0.1) is 5.39 Å². The van der Waals surface area contributed by atoms with E-state index < -0.39 is 41.6 Å². The lowest BCUT2D eigenvalue weighted by Gasteiger charge is -2.24. The molecular formula is C28H35N6O7+. The van der Waals surface area contributed by atoms with Crippen molar-refractivity contribution in [2.75, 3.05) is 6.54 Å². The third kappa shape index (κ3) is 12.5. The van der Waals surface area contributed by atoms with Crippen LogP contribution in [0.15, 0.2) is 77.6 Å². The fraction of sp³-hybridized carbons (Fsp3) is 0.357. The number of aliphatic imine (C=N–C) groups is 1. The number of alkyl carbamates (subject to hydrolysis) is 1. The van der Waals surface area contributed by atoms with Crippen LogP contribution in [0.5, 0.6) is 0 Å². The minimum absolute atomic E-state index is 0.0469. The predicted molar refractivity (Wildman–Crippen MR) is 150 cm³/mol. The first-order chi connectivity index (χ1) is 19.5. The summed E-state index contributed by atoms with van der Waals surface area (Å²) in [6.45, 7) is 4.79. The van der Waals surface area contributed by atoms with Crippen molar-refractivity contribution in [1.82, 2.24) is 10.2 Å². The lowest BCUT2D eigenvalue weighted by atomic mass is 10.1. The van der Waals surface area contributed by atoms with Crippen LogP contribution in [0.25, 0.3) is 4.98 Å². The van der Waals surface area contributed by atoms with E-state index in [2.05, 4.69) is 15.3 Å². The molecule has 0 saturated carbocycles. The van der Waals surface area contributed by atoms with Gasteiger partial charge in [0.1, 0.15) is 18.8 Å². The molecule has 13 heteroatoms. The molecule has 13 nitrogen and oxygen atoms in total. The summed E-state index contributed by atoms with van der Waals surface area (Å²) in [7, 11) is 0. The number of guanidine groups is 1. The van der Waals surface area contributed by atoms with Gasteiger partial charge in [0, 0.05) is 6.54 Å². The molecule has 0 saturated heterocycles. The molecule has 0 spiro atoms. The van der Waals surface area contributed by atoms with Crippen LogP contribution >= 0.6 is 0 Å². The summed E-state index contributed by atoms with van der Waals surface area (Å²) in [5, 5.41) is 21.5. The van der Waals surface area contributed by atoms with E-state index >= 15 is 0 Å². The van der Waals surface area contributed by atoms with Crippen molar-refractivity contribution in [3.05, 3.63) is 88.7 Å². The van der Waals surface area contributed by atoms with Crippen LogP contribution in [-0.4, -0.2) is 52.4 Å². The molecule has 0 aromatic heterocycles. The standard InChI is InChI=1S/C28H34N6O7/c1-28(2,3)41-26(37)32-22(23(35)17-31-30)15-10-16-34(27(38)40-19-21-13-8-5-9-14-21)24(29)33-25(36)39-18-20-11-6-4-7-12-20/h4-9,11-14,17,22H,10,15-16,18-19H2,1-3H3,(H3-,29,32,33,35,36,37)/p+1/b23-17-/t22-/m0/s1. The van der Waals surface area contributed by atoms with Crippen molar-refractivity contribution in [1.29, 1.82) is 5.39 Å². The molecule has 218 valence electrons. The predicted octanol–water partition coefficient (Wildman–Crippen LogP) is 5.20. The van der Waals surface area contributed by atoms with Crippen LogP contribution < -0.4 is 11.1 Å². The minimum Gasteiger partial charge on any atom is -0.504 e. The summed E-state index contributed by atoms with van der Waals surface area (Å²) in [6.07, 6.45) is -1.78. The Kier molecular flexibility index (Phi) is 12.6. The minimum atomic E-state index is -1.03. The molecule has 1 atom stereocenters. The Morgan fingerprint density at radius 3 is 2.15 bits per heavy atom. The molecule has 3 amide bonds. The van der Waals surface area contributed by atoms with Gasteiger partial charge in [0.2, 0.25) is 17.1 Å². The van der Waals surface area contributed by atoms with E-state index in [1.807, 2.05) is 12.1 Å². The molecule has 0 aliphatic carbocycles. The summed E-state index contributed by atoms with van der Waals surface area (Å²) in [5.41, 5.74) is 6.67. The van der Waals surface area contributed by atoms with E-state index in [0.717, 1.165) is 22.2 Å². The van der Waals surface area contributed by atoms with E-state index in [0.29, 0.717) is 0 Å². The van der Waals surface area contributed by atoms with Gasteiger partial charge in [0.05, 0.1) is 6.04 Å². The number of amides is 3. The van der Waals surface area contributed by atoms with E-state index in [1.54, 1.807) is 69.3 Å². The van der Waals surface area contributed by atoms with Gasteiger partial charge >= 0.3 is 24.5 Å². The van der Waals surface area contributed by atoms with Gasteiger partial charge < -0.3 is 30.4 Å². The SMILES string of the molecule is CC(C)(C)OC(=O)N[C@@H](CCCN(C(=O)OCc1ccccc1)/C(N)=N/C(=O)OCc1ccccc1)/C(O)=C/[N+]#N. The molecule has 4 N–H and O–H groups in total. The van der Waals surface area contributed by atoms with Crippen molar-refractivity contribution in [3.63, 3.8) is 0 Å². The van der Waals surface area contributed by atoms with Gasteiger partial charge in [-0.15, -0.1) is 4.99 Å². The number of nitrogens with two attached hydrogens (primary N) is 1. The third-order valence-corrected chi connectivity index (χ3v) is 5.23. The lowest BCUT2D eigenvalue weighted by molar-refractivity contribution is 0.0496. The molecule has 0 fully saturated rings. The van der Waals surface area contributed by atoms with Crippen molar-refractivity contribution >= 4 is 24.2 Å². The van der Waals surface area contributed by atoms with Crippen molar-refractivity contribution in [3.8, 4) is 0 Å². The number of benzene rings is 2. The first kappa shape index (κ1) is 32.1. The number of rotatable bonds is 10. The second-order valence-electron chi connectivity index (χ2n) is 9.71. The van der Waals surface area contributed by atoms with Gasteiger partial charge in [-0.1, -0.05) is 60.7 Å². The van der Waals surface area contributed by atoms with E-state index in [-0.39, 0.29) is 32.6 Å². The molecular weight excluding hydrogens is 532 g/mol. The monoisotopic (exact) mass is 567 g/mol. The molecule has 0 heterocycles. The fourth-order valence-corrected chi connectivity index (χ4v) is 3.35. The number of ether oxygens (including phenoxy) is 3. The molecule has 2 aromatic rings. The number of carbonyl (C=O) groups excluding carboxylic acids is 3. The van der Waals surface area contributed by atoms with Gasteiger partial charge in [0.25, 0.3) is 0 Å². The summed E-state index contributed by atoms with van der Waals surface area (Å²) >= 11 is 0. The average molecular weight is 568 g/mol. The highest BCUT2D eigenvalue weighted by Crippen LogP contribution is 2.13. The lowest BCUT2D eigenvalue weighted by Crippen LogP contribution is -2.44. The van der Waals surface area contributed by atoms with Crippen molar-refractivity contribution in [2.24, 2.45) is 10.7 Å². The van der Waals surface area contributed by atoms with E-state index in [4.69, 9.17) is 25.3 Å². The Balaban J connectivity index is 2.13. The molecule has 0 unspecified atom stereocenters. The molecule has 0 aliphatic rings. The number of nitrogens with zero attached hydrogens (tertiary/aromatic N) is 4. The maximum atomic E-state index is 13.0. The highest BCUT2D eigenvalue weighted by atomic mass is 16.6. The Labute approximate surface area is 238 Å². The zero-order valence-corrected chi connectivity index (χ0v) is 23.2. The Bertz CT molecular complexity index is 1250. The second-order valence-corrected chi connectivity index (χ2v) is 9.71. The summed E-state index contributed by atoms with van der Waals surface area (Å²) in [4.78, 5) is 44.9. The number of hydrogen-bond donors (Lipinski definition) is 3. The summed E-state index contributed by atoms with van der Waals surface area (Å²) in [6, 6.07) is 16.8. The number of carbonyl (C=O) groups is 3. The van der Waals surface area contributed by atoms with Crippen LogP contribution in [0.4, 0.5) is 14.4 Å². The smallest absolute Gasteiger partial charge is 0.437 e. The number of aliphatic hydroxyl groups excluding tert-OH is 1. The zero-order chi connectivity index (χ0) is 30.3. The molecule has 41 heavy (non-hydrogen) atoms. The van der Waals surface area contributed by atoms with Crippen LogP contribution in [0.1, 0.15) is 44.7 Å². The average Bonchev–Trinajstić information content (AvgIpc) is 2.92. The maximum Gasteiger partial charge on any atom is 0.437 e. The van der Waals surface area contributed by atoms with Crippen molar-refractivity contribution < 1.29 is 33.7 Å². The molecule has 0 aliphatic heterocycles. The number of aliphatic hydroxyl groups is 1. The normalized spacial score (nSPS) is 12.4. The maximum absolute atomic E-state index is 13.0. The van der Waals surface area contributed by atoms with Gasteiger partial charge in [-0.05, 0) is 44.7 Å². The molecule has 2 rings (SSSR count). The van der Waals surface area contributed by atoms with E-state index in [9.17, 15) is 19.5 Å². The number of diazo groups is 1. The van der Waals surface area contributed by atoms with Gasteiger partial charge in [-0.25, -0.2) is 19.3 Å². The van der Waals surface area contributed by atoms with Crippen LogP contribution in [-0.2, 0) is 27.4 Å². The van der Waals surface area contributed by atoms with Crippen molar-refractivity contribution in [2.45, 2.75) is 58.5 Å². The first-order valence-electron chi connectivity index (χ1n) is 12.7. The molecule has 2 aromatic carbocycles. The quantitative estimate of drug-likeness (QED) is 0.114. The van der Waals surface area contributed by atoms with Gasteiger partial charge in [0.15, 0.2) is 4.98 Å². The topological polar surface area (TPSA) is 181 Å². The zero-order valence-electron chi connectivity index (χ0n) is 23.2.